The zero-order valence-electron chi connectivity index (χ0n) is 11.0. The summed E-state index contributed by atoms with van der Waals surface area (Å²) in [5, 5.41) is 0. The van der Waals surface area contributed by atoms with Crippen molar-refractivity contribution in [3.63, 3.8) is 0 Å². The van der Waals surface area contributed by atoms with Crippen LogP contribution in [0.4, 0.5) is 13.2 Å². The van der Waals surface area contributed by atoms with Crippen LogP contribution in [-0.4, -0.2) is 22.8 Å². The van der Waals surface area contributed by atoms with Crippen molar-refractivity contribution in [1.29, 1.82) is 0 Å². The molecule has 0 amide bonds. The standard InChI is InChI=1S/C13H14ClF3N2O/c1-8(20-2)7-19-11-4-3-9(13(15,16)17)5-10(11)18-12(19)6-14/h3-5,8H,6-7H2,1-2H3. The van der Waals surface area contributed by atoms with Crippen LogP contribution in [0, 0.1) is 0 Å². The van der Waals surface area contributed by atoms with Gasteiger partial charge in [-0.1, -0.05) is 0 Å². The lowest BCUT2D eigenvalue weighted by atomic mass is 10.2. The molecule has 2 rings (SSSR count). The molecule has 1 aromatic heterocycles. The van der Waals surface area contributed by atoms with Crippen LogP contribution in [0.5, 0.6) is 0 Å². The molecule has 0 N–H and O–H groups in total. The SMILES string of the molecule is COC(C)Cn1c(CCl)nc2cc(C(F)(F)F)ccc21. The average molecular weight is 307 g/mol. The lowest BCUT2D eigenvalue weighted by molar-refractivity contribution is -0.137. The van der Waals surface area contributed by atoms with Crippen molar-refractivity contribution >= 4 is 22.6 Å². The zero-order chi connectivity index (χ0) is 14.9. The van der Waals surface area contributed by atoms with E-state index in [2.05, 4.69) is 4.98 Å². The number of nitrogens with zero attached hydrogens (tertiary/aromatic N) is 2. The van der Waals surface area contributed by atoms with Crippen LogP contribution in [0.1, 0.15) is 18.3 Å². The zero-order valence-corrected chi connectivity index (χ0v) is 11.8. The Morgan fingerprint density at radius 1 is 1.40 bits per heavy atom. The molecular weight excluding hydrogens is 293 g/mol. The van der Waals surface area contributed by atoms with Gasteiger partial charge in [0.05, 0.1) is 35.1 Å². The van der Waals surface area contributed by atoms with Crippen molar-refractivity contribution < 1.29 is 17.9 Å². The van der Waals surface area contributed by atoms with E-state index < -0.39 is 11.7 Å². The Kier molecular flexibility index (Phi) is 4.25. The minimum Gasteiger partial charge on any atom is -0.380 e. The summed E-state index contributed by atoms with van der Waals surface area (Å²) >= 11 is 5.81. The number of methoxy groups -OCH3 is 1. The molecule has 7 heteroatoms. The first-order valence-electron chi connectivity index (χ1n) is 6.02. The maximum atomic E-state index is 12.7. The molecule has 3 nitrogen and oxygen atoms in total. The van der Waals surface area contributed by atoms with Crippen molar-refractivity contribution in [3.05, 3.63) is 29.6 Å². The van der Waals surface area contributed by atoms with Gasteiger partial charge in [-0.2, -0.15) is 13.2 Å². The van der Waals surface area contributed by atoms with Gasteiger partial charge in [-0.15, -0.1) is 11.6 Å². The summed E-state index contributed by atoms with van der Waals surface area (Å²) in [6.07, 6.45) is -4.46. The van der Waals surface area contributed by atoms with Crippen molar-refractivity contribution in [2.45, 2.75) is 31.6 Å². The second-order valence-electron chi connectivity index (χ2n) is 4.52. The Labute approximate surface area is 119 Å². The van der Waals surface area contributed by atoms with Crippen LogP contribution < -0.4 is 0 Å². The van der Waals surface area contributed by atoms with Gasteiger partial charge in [-0.05, 0) is 25.1 Å². The highest BCUT2D eigenvalue weighted by molar-refractivity contribution is 6.16. The summed E-state index contributed by atoms with van der Waals surface area (Å²) in [5.41, 5.74) is 0.201. The molecule has 0 aliphatic carbocycles. The van der Waals surface area contributed by atoms with E-state index in [0.717, 1.165) is 12.1 Å². The van der Waals surface area contributed by atoms with Gasteiger partial charge in [0, 0.05) is 7.11 Å². The molecule has 1 unspecified atom stereocenters. The molecule has 0 spiro atoms. The van der Waals surface area contributed by atoms with E-state index in [0.29, 0.717) is 23.4 Å². The highest BCUT2D eigenvalue weighted by Crippen LogP contribution is 2.31. The molecule has 110 valence electrons. The Balaban J connectivity index is 2.52. The monoisotopic (exact) mass is 306 g/mol. The number of halogens is 4. The van der Waals surface area contributed by atoms with Gasteiger partial charge in [0.15, 0.2) is 0 Å². The summed E-state index contributed by atoms with van der Waals surface area (Å²) < 4.78 is 45.0. The number of aromatic nitrogens is 2. The molecule has 0 aliphatic heterocycles. The smallest absolute Gasteiger partial charge is 0.380 e. The Morgan fingerprint density at radius 2 is 2.10 bits per heavy atom. The van der Waals surface area contributed by atoms with E-state index in [9.17, 15) is 13.2 Å². The number of rotatable bonds is 4. The van der Waals surface area contributed by atoms with E-state index in [1.54, 1.807) is 11.7 Å². The molecule has 0 saturated carbocycles. The van der Waals surface area contributed by atoms with Crippen molar-refractivity contribution in [3.8, 4) is 0 Å². The van der Waals surface area contributed by atoms with Gasteiger partial charge in [-0.25, -0.2) is 4.98 Å². The molecular formula is C13H14ClF3N2O. The first-order valence-corrected chi connectivity index (χ1v) is 6.55. The molecule has 0 aliphatic rings. The van der Waals surface area contributed by atoms with Gasteiger partial charge in [-0.3, -0.25) is 0 Å². The molecule has 1 atom stereocenters. The molecule has 0 bridgehead atoms. The minimum absolute atomic E-state index is 0.0864. The number of alkyl halides is 4. The first kappa shape index (κ1) is 15.1. The fourth-order valence-electron chi connectivity index (χ4n) is 1.99. The number of imidazole rings is 1. The number of hydrogen-bond acceptors (Lipinski definition) is 2. The summed E-state index contributed by atoms with van der Waals surface area (Å²) in [6.45, 7) is 2.36. The lowest BCUT2D eigenvalue weighted by Crippen LogP contribution is -2.16. The third kappa shape index (κ3) is 2.91. The van der Waals surface area contributed by atoms with E-state index in [1.165, 1.54) is 6.07 Å². The number of benzene rings is 1. The summed E-state index contributed by atoms with van der Waals surface area (Å²) in [6, 6.07) is 3.51. The van der Waals surface area contributed by atoms with Crippen LogP contribution in [0.3, 0.4) is 0 Å². The fourth-order valence-corrected chi connectivity index (χ4v) is 2.20. The van der Waals surface area contributed by atoms with E-state index in [4.69, 9.17) is 16.3 Å². The molecule has 2 aromatic rings. The van der Waals surface area contributed by atoms with Crippen molar-refractivity contribution in [2.24, 2.45) is 0 Å². The Hall–Kier alpha value is -1.27. The number of hydrogen-bond donors (Lipinski definition) is 0. The van der Waals surface area contributed by atoms with Crippen LogP contribution >= 0.6 is 11.6 Å². The van der Waals surface area contributed by atoms with Gasteiger partial charge in [0.25, 0.3) is 0 Å². The lowest BCUT2D eigenvalue weighted by Gasteiger charge is -2.13. The molecule has 0 fully saturated rings. The van der Waals surface area contributed by atoms with Gasteiger partial charge >= 0.3 is 6.18 Å². The Morgan fingerprint density at radius 3 is 2.65 bits per heavy atom. The second kappa shape index (κ2) is 5.61. The number of ether oxygens (including phenoxy) is 1. The third-order valence-electron chi connectivity index (χ3n) is 3.12. The van der Waals surface area contributed by atoms with Gasteiger partial charge < -0.3 is 9.30 Å². The largest absolute Gasteiger partial charge is 0.416 e. The molecule has 20 heavy (non-hydrogen) atoms. The van der Waals surface area contributed by atoms with E-state index in [-0.39, 0.29) is 12.0 Å². The second-order valence-corrected chi connectivity index (χ2v) is 4.79. The molecule has 1 aromatic carbocycles. The van der Waals surface area contributed by atoms with Crippen molar-refractivity contribution in [1.82, 2.24) is 9.55 Å². The van der Waals surface area contributed by atoms with E-state index >= 15 is 0 Å². The molecule has 0 radical (unpaired) electrons. The van der Waals surface area contributed by atoms with Gasteiger partial charge in [0.1, 0.15) is 5.82 Å². The van der Waals surface area contributed by atoms with Gasteiger partial charge in [0.2, 0.25) is 0 Å². The molecule has 0 saturated heterocycles. The van der Waals surface area contributed by atoms with E-state index in [1.807, 2.05) is 6.92 Å². The van der Waals surface area contributed by atoms with Crippen LogP contribution in [0.15, 0.2) is 18.2 Å². The Bertz CT molecular complexity index is 609. The highest BCUT2D eigenvalue weighted by atomic mass is 35.5. The number of fused-ring (bicyclic) bond motifs is 1. The fraction of sp³-hybridized carbons (Fsp3) is 0.462. The first-order chi connectivity index (χ1) is 9.36. The summed E-state index contributed by atoms with van der Waals surface area (Å²) in [5.74, 6) is 0.664. The van der Waals surface area contributed by atoms with Crippen molar-refractivity contribution in [2.75, 3.05) is 7.11 Å². The van der Waals surface area contributed by atoms with Crippen LogP contribution in [0.25, 0.3) is 11.0 Å². The predicted octanol–water partition coefficient (Wildman–Crippen LogP) is 3.83. The maximum Gasteiger partial charge on any atom is 0.416 e. The normalized spacial score (nSPS) is 13.9. The maximum absolute atomic E-state index is 12.7. The van der Waals surface area contributed by atoms with Crippen LogP contribution in [-0.2, 0) is 23.3 Å². The summed E-state index contributed by atoms with van der Waals surface area (Å²) in [4.78, 5) is 4.17. The summed E-state index contributed by atoms with van der Waals surface area (Å²) in [7, 11) is 1.58. The minimum atomic E-state index is -4.38. The average Bonchev–Trinajstić information content (AvgIpc) is 2.75. The quantitative estimate of drug-likeness (QED) is 0.803. The molecule has 1 heterocycles. The predicted molar refractivity (Wildman–Crippen MR) is 70.8 cm³/mol. The topological polar surface area (TPSA) is 27.1 Å². The third-order valence-corrected chi connectivity index (χ3v) is 3.36. The van der Waals surface area contributed by atoms with Crippen LogP contribution in [0.2, 0.25) is 0 Å². The highest BCUT2D eigenvalue weighted by Gasteiger charge is 2.31.